The van der Waals surface area contributed by atoms with E-state index in [4.69, 9.17) is 11.6 Å². The van der Waals surface area contributed by atoms with E-state index in [1.54, 1.807) is 0 Å². The van der Waals surface area contributed by atoms with Crippen molar-refractivity contribution in [1.29, 1.82) is 0 Å². The Hall–Kier alpha value is -1.33. The Labute approximate surface area is 168 Å². The third kappa shape index (κ3) is 3.63. The number of benzene rings is 2. The average molecular weight is 465 g/mol. The van der Waals surface area contributed by atoms with Crippen LogP contribution in [0.2, 0.25) is 5.02 Å². The molecule has 0 spiro atoms. The van der Waals surface area contributed by atoms with Crippen LogP contribution >= 0.6 is 34.2 Å². The maximum absolute atomic E-state index is 6.59. The van der Waals surface area contributed by atoms with Crippen LogP contribution in [-0.4, -0.2) is 18.3 Å². The molecule has 0 unspecified atom stereocenters. The van der Waals surface area contributed by atoms with Gasteiger partial charge in [-0.15, -0.1) is 0 Å². The highest BCUT2D eigenvalue weighted by Gasteiger charge is 2.30. The number of aliphatic imine (C=N–C) groups is 1. The Morgan fingerprint density at radius 3 is 2.64 bits per heavy atom. The zero-order valence-electron chi connectivity index (χ0n) is 15.0. The molecule has 0 bridgehead atoms. The fourth-order valence-corrected chi connectivity index (χ4v) is 4.22. The van der Waals surface area contributed by atoms with Crippen molar-refractivity contribution >= 4 is 57.4 Å². The van der Waals surface area contributed by atoms with Crippen LogP contribution in [0.15, 0.2) is 47.5 Å². The zero-order chi connectivity index (χ0) is 18.2. The van der Waals surface area contributed by atoms with Crippen LogP contribution in [0.5, 0.6) is 0 Å². The molecule has 3 rings (SSSR count). The number of halogens is 2. The lowest BCUT2D eigenvalue weighted by Crippen LogP contribution is -2.44. The maximum atomic E-state index is 6.59. The van der Waals surface area contributed by atoms with E-state index < -0.39 is 0 Å². The molecule has 2 aromatic carbocycles. The number of allylic oxidation sites excluding steroid dienone is 1. The molecule has 130 valence electrons. The normalized spacial score (nSPS) is 16.1. The summed E-state index contributed by atoms with van der Waals surface area (Å²) in [5.41, 5.74) is 5.61. The lowest BCUT2D eigenvalue weighted by Gasteiger charge is -2.43. The number of nitrogens with zero attached hydrogens (tertiary/aromatic N) is 2. The van der Waals surface area contributed by atoms with Crippen molar-refractivity contribution in [2.75, 3.05) is 11.4 Å². The minimum atomic E-state index is -0.00901. The van der Waals surface area contributed by atoms with Crippen molar-refractivity contribution in [3.63, 3.8) is 0 Å². The van der Waals surface area contributed by atoms with Crippen molar-refractivity contribution in [2.45, 2.75) is 33.2 Å². The van der Waals surface area contributed by atoms with E-state index in [0.717, 1.165) is 26.4 Å². The highest BCUT2D eigenvalue weighted by Crippen LogP contribution is 2.41. The Morgan fingerprint density at radius 2 is 1.96 bits per heavy atom. The number of anilines is 1. The molecular formula is C21H22ClIN2. The van der Waals surface area contributed by atoms with Crippen LogP contribution in [0.3, 0.4) is 0 Å². The van der Waals surface area contributed by atoms with Gasteiger partial charge in [0.25, 0.3) is 0 Å². The van der Waals surface area contributed by atoms with E-state index in [1.807, 2.05) is 24.4 Å². The molecule has 0 saturated heterocycles. The van der Waals surface area contributed by atoms with Crippen LogP contribution < -0.4 is 4.90 Å². The summed E-state index contributed by atoms with van der Waals surface area (Å²) in [5, 5.41) is 0.734. The maximum Gasteiger partial charge on any atom is 0.0763 e. The van der Waals surface area contributed by atoms with Gasteiger partial charge < -0.3 is 4.90 Å². The molecule has 4 heteroatoms. The number of fused-ring (bicyclic) bond motifs is 1. The molecule has 0 atom stereocenters. The van der Waals surface area contributed by atoms with Crippen LogP contribution in [0, 0.1) is 3.57 Å². The predicted molar refractivity (Wildman–Crippen MR) is 119 cm³/mol. The second-order valence-electron chi connectivity index (χ2n) is 6.83. The third-order valence-corrected chi connectivity index (χ3v) is 5.85. The summed E-state index contributed by atoms with van der Waals surface area (Å²) in [4.78, 5) is 7.02. The molecule has 2 aromatic rings. The molecule has 0 N–H and O–H groups in total. The van der Waals surface area contributed by atoms with Crippen molar-refractivity contribution in [1.82, 2.24) is 0 Å². The third-order valence-electron chi connectivity index (χ3n) is 4.61. The lowest BCUT2D eigenvalue weighted by atomic mass is 9.88. The first kappa shape index (κ1) is 18.5. The van der Waals surface area contributed by atoms with Gasteiger partial charge in [-0.2, -0.15) is 0 Å². The topological polar surface area (TPSA) is 15.6 Å². The number of para-hydroxylation sites is 1. The molecule has 0 aliphatic carbocycles. The van der Waals surface area contributed by atoms with Gasteiger partial charge in [-0.05, 0) is 80.1 Å². The Bertz CT molecular complexity index is 868. The Kier molecular flexibility index (Phi) is 5.26. The second kappa shape index (κ2) is 7.12. The standard InChI is InChI=1S/C21H22ClIN2/c1-5-25-20-11-17(22)15(10-16(20)14(2)12-21(25,3)4)13-24-19-9-7-6-8-18(19)23/h6-13H,5H2,1-4H3. The second-order valence-corrected chi connectivity index (χ2v) is 8.40. The van der Waals surface area contributed by atoms with Gasteiger partial charge in [-0.25, -0.2) is 0 Å². The van der Waals surface area contributed by atoms with E-state index in [9.17, 15) is 0 Å². The van der Waals surface area contributed by atoms with Gasteiger partial charge in [0.1, 0.15) is 0 Å². The first-order valence-corrected chi connectivity index (χ1v) is 9.89. The quantitative estimate of drug-likeness (QED) is 0.364. The largest absolute Gasteiger partial charge is 0.363 e. The molecule has 0 fully saturated rings. The first-order valence-electron chi connectivity index (χ1n) is 8.43. The molecule has 1 aliphatic rings. The molecule has 0 amide bonds. The summed E-state index contributed by atoms with van der Waals surface area (Å²) in [6.45, 7) is 9.77. The number of hydrogen-bond acceptors (Lipinski definition) is 2. The summed E-state index contributed by atoms with van der Waals surface area (Å²) >= 11 is 8.89. The molecule has 1 heterocycles. The van der Waals surface area contributed by atoms with Crippen LogP contribution in [-0.2, 0) is 0 Å². The monoisotopic (exact) mass is 464 g/mol. The van der Waals surface area contributed by atoms with Gasteiger partial charge >= 0.3 is 0 Å². The highest BCUT2D eigenvalue weighted by atomic mass is 127. The summed E-state index contributed by atoms with van der Waals surface area (Å²) in [5.74, 6) is 0. The first-order chi connectivity index (χ1) is 11.8. The molecular weight excluding hydrogens is 443 g/mol. The molecule has 0 aromatic heterocycles. The van der Waals surface area contributed by atoms with E-state index >= 15 is 0 Å². The van der Waals surface area contributed by atoms with Crippen molar-refractivity contribution in [3.05, 3.63) is 62.2 Å². The summed E-state index contributed by atoms with van der Waals surface area (Å²) in [6.07, 6.45) is 4.19. The zero-order valence-corrected chi connectivity index (χ0v) is 17.9. The number of likely N-dealkylation sites (N-methyl/N-ethyl adjacent to an activating group) is 1. The van der Waals surface area contributed by atoms with Gasteiger partial charge in [0.15, 0.2) is 0 Å². The SMILES string of the molecule is CCN1c2cc(Cl)c(C=Nc3ccccc3I)cc2C(C)=CC1(C)C. The summed E-state index contributed by atoms with van der Waals surface area (Å²) in [7, 11) is 0. The number of rotatable bonds is 3. The van der Waals surface area contributed by atoms with E-state index in [2.05, 4.69) is 84.5 Å². The Balaban J connectivity index is 2.05. The van der Waals surface area contributed by atoms with Crippen molar-refractivity contribution in [2.24, 2.45) is 4.99 Å². The average Bonchev–Trinajstić information content (AvgIpc) is 2.54. The van der Waals surface area contributed by atoms with Gasteiger partial charge in [0.05, 0.1) is 16.2 Å². The molecule has 0 radical (unpaired) electrons. The van der Waals surface area contributed by atoms with Gasteiger partial charge in [0.2, 0.25) is 0 Å². The van der Waals surface area contributed by atoms with Crippen LogP contribution in [0.1, 0.15) is 38.8 Å². The molecule has 0 saturated carbocycles. The molecule has 1 aliphatic heterocycles. The van der Waals surface area contributed by atoms with Gasteiger partial charge in [0, 0.05) is 33.1 Å². The fourth-order valence-electron chi connectivity index (χ4n) is 3.49. The number of hydrogen-bond donors (Lipinski definition) is 0. The van der Waals surface area contributed by atoms with Crippen molar-refractivity contribution < 1.29 is 0 Å². The van der Waals surface area contributed by atoms with Crippen LogP contribution in [0.25, 0.3) is 5.57 Å². The Morgan fingerprint density at radius 1 is 1.24 bits per heavy atom. The summed E-state index contributed by atoms with van der Waals surface area (Å²) < 4.78 is 1.13. The smallest absolute Gasteiger partial charge is 0.0763 e. The van der Waals surface area contributed by atoms with E-state index in [-0.39, 0.29) is 5.54 Å². The lowest BCUT2D eigenvalue weighted by molar-refractivity contribution is 0.566. The fraction of sp³-hybridized carbons (Fsp3) is 0.286. The molecule has 25 heavy (non-hydrogen) atoms. The van der Waals surface area contributed by atoms with Gasteiger partial charge in [-0.1, -0.05) is 29.8 Å². The van der Waals surface area contributed by atoms with E-state index in [0.29, 0.717) is 0 Å². The minimum Gasteiger partial charge on any atom is -0.363 e. The molecule has 2 nitrogen and oxygen atoms in total. The van der Waals surface area contributed by atoms with Gasteiger partial charge in [-0.3, -0.25) is 4.99 Å². The van der Waals surface area contributed by atoms with Crippen molar-refractivity contribution in [3.8, 4) is 0 Å². The summed E-state index contributed by atoms with van der Waals surface area (Å²) in [6, 6.07) is 12.3. The van der Waals surface area contributed by atoms with E-state index in [1.165, 1.54) is 16.8 Å². The highest BCUT2D eigenvalue weighted by molar-refractivity contribution is 14.1. The minimum absolute atomic E-state index is 0.00901. The predicted octanol–water partition coefficient (Wildman–Crippen LogP) is 6.72. The van der Waals surface area contributed by atoms with Crippen LogP contribution in [0.4, 0.5) is 11.4 Å².